The topological polar surface area (TPSA) is 20.2 Å². The Morgan fingerprint density at radius 3 is 1.92 bits per heavy atom. The largest absolute Gasteiger partial charge is 0.374 e. The number of halogens is 1. The van der Waals surface area contributed by atoms with Gasteiger partial charge in [-0.15, -0.1) is 19.7 Å². The van der Waals surface area contributed by atoms with Gasteiger partial charge in [-0.1, -0.05) is 29.8 Å². The minimum absolute atomic E-state index is 0.0397. The highest BCUT2D eigenvalue weighted by Gasteiger charge is 2.31. The lowest BCUT2D eigenvalue weighted by atomic mass is 9.92. The van der Waals surface area contributed by atoms with Crippen LogP contribution in [-0.2, 0) is 0 Å². The van der Waals surface area contributed by atoms with Crippen LogP contribution in [0, 0.1) is 5.92 Å². The molecule has 0 saturated heterocycles. The fraction of sp³-hybridized carbons (Fsp3) is 0.455. The van der Waals surface area contributed by atoms with Crippen molar-refractivity contribution in [3.05, 3.63) is 38.0 Å². The van der Waals surface area contributed by atoms with E-state index in [2.05, 4.69) is 19.7 Å². The zero-order chi connectivity index (χ0) is 10.3. The predicted molar refractivity (Wildman–Crippen MR) is 58.7 cm³/mol. The van der Waals surface area contributed by atoms with Gasteiger partial charge in [-0.25, -0.2) is 0 Å². The molecule has 74 valence electrons. The predicted octanol–water partition coefficient (Wildman–Crippen LogP) is 3.26. The second kappa shape index (κ2) is 6.01. The van der Waals surface area contributed by atoms with Crippen LogP contribution in [0.5, 0.6) is 0 Å². The summed E-state index contributed by atoms with van der Waals surface area (Å²) in [7, 11) is 0. The summed E-state index contributed by atoms with van der Waals surface area (Å²) in [5.74, 6) is -0.0397. The molecule has 0 saturated carbocycles. The average Bonchev–Trinajstić information content (AvgIpc) is 2.04. The van der Waals surface area contributed by atoms with E-state index in [0.29, 0.717) is 19.3 Å². The summed E-state index contributed by atoms with van der Waals surface area (Å²) in [6.07, 6.45) is 6.86. The van der Waals surface area contributed by atoms with Crippen molar-refractivity contribution in [1.82, 2.24) is 0 Å². The Morgan fingerprint density at radius 2 is 1.62 bits per heavy atom. The maximum atomic E-state index is 9.84. The molecule has 1 nitrogen and oxygen atoms in total. The van der Waals surface area contributed by atoms with E-state index < -0.39 is 5.06 Å². The molecule has 0 radical (unpaired) electrons. The smallest absolute Gasteiger partial charge is 0.145 e. The molecule has 0 heterocycles. The van der Waals surface area contributed by atoms with E-state index in [1.807, 2.05) is 0 Å². The van der Waals surface area contributed by atoms with Gasteiger partial charge in [0, 0.05) is 12.3 Å². The molecular formula is C11H17ClO. The van der Waals surface area contributed by atoms with E-state index >= 15 is 0 Å². The number of hydrogen-bond acceptors (Lipinski definition) is 1. The van der Waals surface area contributed by atoms with Crippen LogP contribution in [0.2, 0.25) is 0 Å². The average molecular weight is 201 g/mol. The van der Waals surface area contributed by atoms with E-state index in [-0.39, 0.29) is 5.92 Å². The molecule has 0 amide bonds. The molecule has 0 bridgehead atoms. The quantitative estimate of drug-likeness (QED) is 0.494. The van der Waals surface area contributed by atoms with Crippen LogP contribution in [0.4, 0.5) is 0 Å². The first-order chi connectivity index (χ1) is 6.08. The molecule has 2 heteroatoms. The molecule has 1 atom stereocenters. The third-order valence-electron chi connectivity index (χ3n) is 1.96. The lowest BCUT2D eigenvalue weighted by Gasteiger charge is -2.28. The van der Waals surface area contributed by atoms with E-state index in [1.54, 1.807) is 18.2 Å². The highest BCUT2D eigenvalue weighted by molar-refractivity contribution is 6.23. The van der Waals surface area contributed by atoms with E-state index in [1.165, 1.54) is 0 Å². The Labute approximate surface area is 85.4 Å². The second-order valence-electron chi connectivity index (χ2n) is 3.06. The van der Waals surface area contributed by atoms with Crippen molar-refractivity contribution in [3.63, 3.8) is 0 Å². The van der Waals surface area contributed by atoms with Crippen molar-refractivity contribution < 1.29 is 5.11 Å². The van der Waals surface area contributed by atoms with Crippen LogP contribution in [0.25, 0.3) is 0 Å². The Balaban J connectivity index is 4.37. The zero-order valence-corrected chi connectivity index (χ0v) is 8.63. The van der Waals surface area contributed by atoms with Gasteiger partial charge in [-0.05, 0) is 12.8 Å². The van der Waals surface area contributed by atoms with Crippen molar-refractivity contribution in [1.29, 1.82) is 0 Å². The number of hydrogen-bond donors (Lipinski definition) is 1. The van der Waals surface area contributed by atoms with Crippen LogP contribution in [-0.4, -0.2) is 10.2 Å². The van der Waals surface area contributed by atoms with Crippen LogP contribution in [0.15, 0.2) is 38.0 Å². The van der Waals surface area contributed by atoms with Crippen molar-refractivity contribution >= 4 is 11.6 Å². The van der Waals surface area contributed by atoms with Crippen molar-refractivity contribution in [2.24, 2.45) is 5.92 Å². The summed E-state index contributed by atoms with van der Waals surface area (Å²) in [6.45, 7) is 10.8. The van der Waals surface area contributed by atoms with E-state index in [4.69, 9.17) is 11.6 Å². The monoisotopic (exact) mass is 200 g/mol. The molecule has 0 rings (SSSR count). The molecule has 0 aliphatic heterocycles. The van der Waals surface area contributed by atoms with Gasteiger partial charge in [0.2, 0.25) is 0 Å². The van der Waals surface area contributed by atoms with Gasteiger partial charge in [0.25, 0.3) is 0 Å². The van der Waals surface area contributed by atoms with Gasteiger partial charge >= 0.3 is 0 Å². The first-order valence-corrected chi connectivity index (χ1v) is 4.70. The molecular weight excluding hydrogens is 184 g/mol. The number of alkyl halides is 1. The molecule has 0 fully saturated rings. The van der Waals surface area contributed by atoms with Gasteiger partial charge in [-0.2, -0.15) is 0 Å². The van der Waals surface area contributed by atoms with Crippen LogP contribution in [0.1, 0.15) is 19.3 Å². The Kier molecular flexibility index (Phi) is 5.76. The Hall–Kier alpha value is -0.530. The maximum absolute atomic E-state index is 9.84. The van der Waals surface area contributed by atoms with Crippen molar-refractivity contribution in [2.45, 2.75) is 24.3 Å². The van der Waals surface area contributed by atoms with Gasteiger partial charge in [-0.3, -0.25) is 0 Å². The molecule has 13 heavy (non-hydrogen) atoms. The normalized spacial score (nSPS) is 15.0. The second-order valence-corrected chi connectivity index (χ2v) is 3.71. The minimum Gasteiger partial charge on any atom is -0.374 e. The van der Waals surface area contributed by atoms with Crippen LogP contribution in [0.3, 0.4) is 0 Å². The standard InChI is InChI=1S/C11H17ClO/c1-4-7-10(8-5-2)11(12,13)9-6-3/h4-6,10,13H,1-3,7-9H2. The molecule has 0 aromatic rings. The molecule has 0 aromatic heterocycles. The molecule has 0 aliphatic carbocycles. The highest BCUT2D eigenvalue weighted by atomic mass is 35.5. The summed E-state index contributed by atoms with van der Waals surface area (Å²) in [5.41, 5.74) is 0. The fourth-order valence-electron chi connectivity index (χ4n) is 1.23. The van der Waals surface area contributed by atoms with Crippen molar-refractivity contribution in [3.8, 4) is 0 Å². The van der Waals surface area contributed by atoms with Gasteiger partial charge in [0.15, 0.2) is 0 Å². The summed E-state index contributed by atoms with van der Waals surface area (Å²) in [5, 5.41) is 8.62. The van der Waals surface area contributed by atoms with Crippen LogP contribution < -0.4 is 0 Å². The number of aliphatic hydroxyl groups is 1. The Bertz CT molecular complexity index is 175. The maximum Gasteiger partial charge on any atom is 0.145 e. The van der Waals surface area contributed by atoms with Crippen molar-refractivity contribution in [2.75, 3.05) is 0 Å². The lowest BCUT2D eigenvalue weighted by molar-refractivity contribution is 0.0683. The molecule has 1 N–H and O–H groups in total. The number of rotatable bonds is 7. The third-order valence-corrected chi connectivity index (χ3v) is 2.42. The fourth-order valence-corrected chi connectivity index (χ4v) is 1.52. The first-order valence-electron chi connectivity index (χ1n) is 4.32. The third kappa shape index (κ3) is 4.30. The van der Waals surface area contributed by atoms with Gasteiger partial charge in [0.05, 0.1) is 0 Å². The first kappa shape index (κ1) is 12.5. The molecule has 0 spiro atoms. The molecule has 0 aliphatic rings. The van der Waals surface area contributed by atoms with Gasteiger partial charge < -0.3 is 5.11 Å². The highest BCUT2D eigenvalue weighted by Crippen LogP contribution is 2.32. The summed E-state index contributed by atoms with van der Waals surface area (Å²) >= 11 is 5.95. The summed E-state index contributed by atoms with van der Waals surface area (Å²) in [6, 6.07) is 0. The Morgan fingerprint density at radius 1 is 1.15 bits per heavy atom. The summed E-state index contributed by atoms with van der Waals surface area (Å²) < 4.78 is 0. The molecule has 1 unspecified atom stereocenters. The molecule has 0 aromatic carbocycles. The zero-order valence-electron chi connectivity index (χ0n) is 7.88. The van der Waals surface area contributed by atoms with E-state index in [9.17, 15) is 5.11 Å². The van der Waals surface area contributed by atoms with E-state index in [0.717, 1.165) is 0 Å². The lowest BCUT2D eigenvalue weighted by Crippen LogP contribution is -2.30. The number of allylic oxidation sites excluding steroid dienone is 2. The van der Waals surface area contributed by atoms with Gasteiger partial charge in [0.1, 0.15) is 5.06 Å². The van der Waals surface area contributed by atoms with Crippen LogP contribution >= 0.6 is 11.6 Å². The SMILES string of the molecule is C=CCC(CC=C)C(O)(Cl)CC=C. The summed E-state index contributed by atoms with van der Waals surface area (Å²) in [4.78, 5) is 0. The minimum atomic E-state index is -1.22.